The van der Waals surface area contributed by atoms with E-state index in [-0.39, 0.29) is 17.5 Å². The Morgan fingerprint density at radius 3 is 1.40 bits per heavy atom. The molecule has 3 rings (SSSR count). The van der Waals surface area contributed by atoms with E-state index in [2.05, 4.69) is 5.32 Å². The average Bonchev–Trinajstić information content (AvgIpc) is 2.79. The predicted molar refractivity (Wildman–Crippen MR) is 125 cm³/mol. The maximum atomic E-state index is 13.5. The number of ketones is 2. The largest absolute Gasteiger partial charge is 0.372 e. The van der Waals surface area contributed by atoms with Crippen molar-refractivity contribution in [2.75, 3.05) is 0 Å². The van der Waals surface area contributed by atoms with Gasteiger partial charge in [0.2, 0.25) is 0 Å². The maximum absolute atomic E-state index is 13.5. The minimum Gasteiger partial charge on any atom is -0.372 e. The molecule has 1 atom stereocenters. The summed E-state index contributed by atoms with van der Waals surface area (Å²) in [6.45, 7) is 3.99. The number of carbonyl (C=O) groups is 2. The van der Waals surface area contributed by atoms with Crippen molar-refractivity contribution in [3.8, 4) is 0 Å². The zero-order valence-corrected chi connectivity index (χ0v) is 17.9. The third-order valence-electron chi connectivity index (χ3n) is 5.09. The van der Waals surface area contributed by atoms with Crippen LogP contribution in [-0.2, 0) is 0 Å². The van der Waals surface area contributed by atoms with Crippen molar-refractivity contribution >= 4 is 28.8 Å². The molecule has 0 saturated carbocycles. The second-order valence-corrected chi connectivity index (χ2v) is 7.96. The van der Waals surface area contributed by atoms with Crippen LogP contribution in [0, 0.1) is 11.8 Å². The summed E-state index contributed by atoms with van der Waals surface area (Å²) in [5.41, 5.74) is 1.89. The quantitative estimate of drug-likeness (QED) is 0.306. The summed E-state index contributed by atoms with van der Waals surface area (Å²) in [6.07, 6.45) is 0. The van der Waals surface area contributed by atoms with Crippen LogP contribution in [0.25, 0.3) is 0 Å². The van der Waals surface area contributed by atoms with Gasteiger partial charge in [-0.15, -0.1) is 0 Å². The lowest BCUT2D eigenvalue weighted by Gasteiger charge is -2.30. The van der Waals surface area contributed by atoms with Gasteiger partial charge in [-0.05, 0) is 5.92 Å². The minimum absolute atomic E-state index is 0.00279. The number of hydrogen-bond acceptors (Lipinski definition) is 3. The molecule has 3 aromatic carbocycles. The highest BCUT2D eigenvalue weighted by atomic mass is 32.1. The summed E-state index contributed by atoms with van der Waals surface area (Å²) in [7, 11) is 0. The van der Waals surface area contributed by atoms with E-state index < -0.39 is 12.0 Å². The van der Waals surface area contributed by atoms with E-state index in [0.29, 0.717) is 16.1 Å². The molecule has 0 aliphatic rings. The van der Waals surface area contributed by atoms with E-state index in [0.717, 1.165) is 5.56 Å². The lowest BCUT2D eigenvalue weighted by molar-refractivity contribution is 0.0759. The van der Waals surface area contributed by atoms with Crippen LogP contribution in [0.5, 0.6) is 0 Å². The molecule has 0 fully saturated rings. The molecule has 30 heavy (non-hydrogen) atoms. The smallest absolute Gasteiger partial charge is 0.175 e. The van der Waals surface area contributed by atoms with Gasteiger partial charge in [0, 0.05) is 22.7 Å². The van der Waals surface area contributed by atoms with E-state index in [1.165, 1.54) is 0 Å². The van der Waals surface area contributed by atoms with Crippen molar-refractivity contribution in [1.82, 2.24) is 5.32 Å². The van der Waals surface area contributed by atoms with E-state index in [1.54, 1.807) is 24.3 Å². The van der Waals surface area contributed by atoms with Crippen LogP contribution in [0.3, 0.4) is 0 Å². The summed E-state index contributed by atoms with van der Waals surface area (Å²) < 4.78 is 0. The van der Waals surface area contributed by atoms with E-state index >= 15 is 0 Å². The standard InChI is InChI=1S/C26H25NO2S/c1-18(2)23(27-26(30)21-16-10-5-11-17-21)22(24(28)19-12-6-3-7-13-19)25(29)20-14-8-4-9-15-20/h3-18,22-23H,1-2H3,(H,27,30). The first-order chi connectivity index (χ1) is 14.5. The zero-order chi connectivity index (χ0) is 21.5. The predicted octanol–water partition coefficient (Wildman–Crippen LogP) is 5.36. The van der Waals surface area contributed by atoms with Gasteiger partial charge in [0.05, 0.1) is 0 Å². The monoisotopic (exact) mass is 415 g/mol. The van der Waals surface area contributed by atoms with Gasteiger partial charge in [-0.25, -0.2) is 0 Å². The number of hydrogen-bond donors (Lipinski definition) is 1. The Kier molecular flexibility index (Phi) is 7.26. The molecule has 0 aliphatic heterocycles. The molecule has 0 bridgehead atoms. The van der Waals surface area contributed by atoms with Gasteiger partial charge in [0.1, 0.15) is 10.9 Å². The minimum atomic E-state index is -0.892. The highest BCUT2D eigenvalue weighted by Crippen LogP contribution is 2.24. The van der Waals surface area contributed by atoms with Gasteiger partial charge >= 0.3 is 0 Å². The molecule has 4 heteroatoms. The second kappa shape index (κ2) is 10.1. The molecule has 0 heterocycles. The van der Waals surface area contributed by atoms with Gasteiger partial charge in [0.15, 0.2) is 11.6 Å². The summed E-state index contributed by atoms with van der Waals surface area (Å²) in [4.78, 5) is 27.6. The molecule has 0 saturated heterocycles. The van der Waals surface area contributed by atoms with Crippen LogP contribution in [-0.4, -0.2) is 22.6 Å². The number of benzene rings is 3. The first-order valence-electron chi connectivity index (χ1n) is 10.0. The van der Waals surface area contributed by atoms with Crippen molar-refractivity contribution in [3.05, 3.63) is 108 Å². The lowest BCUT2D eigenvalue weighted by Crippen LogP contribution is -2.49. The highest BCUT2D eigenvalue weighted by Gasteiger charge is 2.38. The van der Waals surface area contributed by atoms with Crippen molar-refractivity contribution in [2.24, 2.45) is 11.8 Å². The first kappa shape index (κ1) is 21.6. The van der Waals surface area contributed by atoms with E-state index in [9.17, 15) is 9.59 Å². The van der Waals surface area contributed by atoms with Gasteiger partial charge in [-0.2, -0.15) is 0 Å². The second-order valence-electron chi connectivity index (χ2n) is 7.55. The van der Waals surface area contributed by atoms with Gasteiger partial charge in [-0.1, -0.05) is 117 Å². The number of rotatable bonds is 8. The third-order valence-corrected chi connectivity index (χ3v) is 5.45. The molecule has 0 aliphatic carbocycles. The fourth-order valence-electron chi connectivity index (χ4n) is 3.47. The Morgan fingerprint density at radius 2 is 1.03 bits per heavy atom. The van der Waals surface area contributed by atoms with Crippen LogP contribution < -0.4 is 5.32 Å². The Balaban J connectivity index is 2.00. The number of Topliss-reactive ketones (excluding diaryl/α,β-unsaturated/α-hetero) is 2. The van der Waals surface area contributed by atoms with Crippen molar-refractivity contribution in [3.63, 3.8) is 0 Å². The summed E-state index contributed by atoms with van der Waals surface area (Å²) in [5, 5.41) is 3.32. The molecule has 3 aromatic rings. The molecule has 0 aromatic heterocycles. The van der Waals surface area contributed by atoms with E-state index in [1.807, 2.05) is 80.6 Å². The Morgan fingerprint density at radius 1 is 0.667 bits per heavy atom. The van der Waals surface area contributed by atoms with Gasteiger partial charge in [-0.3, -0.25) is 9.59 Å². The molecule has 0 amide bonds. The van der Waals surface area contributed by atoms with Crippen LogP contribution in [0.15, 0.2) is 91.0 Å². The van der Waals surface area contributed by atoms with E-state index in [4.69, 9.17) is 12.2 Å². The van der Waals surface area contributed by atoms with Crippen molar-refractivity contribution in [1.29, 1.82) is 0 Å². The molecule has 3 nitrogen and oxygen atoms in total. The normalized spacial score (nSPS) is 11.9. The third kappa shape index (κ3) is 5.08. The maximum Gasteiger partial charge on any atom is 0.175 e. The fraction of sp³-hybridized carbons (Fsp3) is 0.192. The lowest BCUT2D eigenvalue weighted by atomic mass is 9.79. The SMILES string of the molecule is CC(C)C(NC(=S)c1ccccc1)C(C(=O)c1ccccc1)C(=O)c1ccccc1. The van der Waals surface area contributed by atoms with Crippen molar-refractivity contribution < 1.29 is 9.59 Å². The summed E-state index contributed by atoms with van der Waals surface area (Å²) >= 11 is 5.61. The highest BCUT2D eigenvalue weighted by molar-refractivity contribution is 7.80. The number of carbonyl (C=O) groups excluding carboxylic acids is 2. The molecule has 0 radical (unpaired) electrons. The summed E-state index contributed by atoms with van der Waals surface area (Å²) in [5.74, 6) is -1.30. The molecular formula is C26H25NO2S. The Labute approximate surface area is 183 Å². The van der Waals surface area contributed by atoms with Gasteiger partial charge in [0.25, 0.3) is 0 Å². The average molecular weight is 416 g/mol. The summed E-state index contributed by atoms with van der Waals surface area (Å²) in [6, 6.07) is 27.1. The molecular weight excluding hydrogens is 390 g/mol. The topological polar surface area (TPSA) is 46.2 Å². The molecule has 1 N–H and O–H groups in total. The van der Waals surface area contributed by atoms with Crippen LogP contribution in [0.2, 0.25) is 0 Å². The van der Waals surface area contributed by atoms with Crippen LogP contribution in [0.1, 0.15) is 40.1 Å². The molecule has 0 spiro atoms. The molecule has 152 valence electrons. The van der Waals surface area contributed by atoms with Crippen molar-refractivity contribution in [2.45, 2.75) is 19.9 Å². The van der Waals surface area contributed by atoms with Crippen LogP contribution >= 0.6 is 12.2 Å². The molecule has 1 unspecified atom stereocenters. The first-order valence-corrected chi connectivity index (χ1v) is 10.4. The van der Waals surface area contributed by atoms with Gasteiger partial charge < -0.3 is 5.32 Å². The Bertz CT molecular complexity index is 949. The number of thiocarbonyl (C=S) groups is 1. The fourth-order valence-corrected chi connectivity index (χ4v) is 3.74. The van der Waals surface area contributed by atoms with Crippen LogP contribution in [0.4, 0.5) is 0 Å². The Hall–Kier alpha value is -3.11. The number of nitrogens with one attached hydrogen (secondary N) is 1. The zero-order valence-electron chi connectivity index (χ0n) is 17.1.